The van der Waals surface area contributed by atoms with Gasteiger partial charge >= 0.3 is 0 Å². The summed E-state index contributed by atoms with van der Waals surface area (Å²) in [6.45, 7) is 6.35. The molecule has 1 aliphatic heterocycles. The van der Waals surface area contributed by atoms with Crippen LogP contribution in [0.15, 0.2) is 24.3 Å². The van der Waals surface area contributed by atoms with Crippen LogP contribution in [-0.4, -0.2) is 34.3 Å². The highest BCUT2D eigenvalue weighted by Crippen LogP contribution is 2.24. The van der Waals surface area contributed by atoms with Crippen LogP contribution in [0.5, 0.6) is 0 Å². The second kappa shape index (κ2) is 8.02. The van der Waals surface area contributed by atoms with Crippen molar-refractivity contribution >= 4 is 23.1 Å². The first-order valence-electron chi connectivity index (χ1n) is 8.91. The van der Waals surface area contributed by atoms with Crippen molar-refractivity contribution in [3.8, 4) is 0 Å². The lowest BCUT2D eigenvalue weighted by Gasteiger charge is -2.38. The molecule has 1 aliphatic rings. The molecule has 0 unspecified atom stereocenters. The minimum atomic E-state index is -0.200. The molecule has 2 heterocycles. The second-order valence-electron chi connectivity index (χ2n) is 6.45. The molecule has 1 saturated heterocycles. The zero-order valence-electron chi connectivity index (χ0n) is 14.8. The van der Waals surface area contributed by atoms with Gasteiger partial charge in [-0.1, -0.05) is 32.4 Å². The molecule has 3 rings (SSSR count). The van der Waals surface area contributed by atoms with Gasteiger partial charge in [-0.15, -0.1) is 0 Å². The number of anilines is 2. The van der Waals surface area contributed by atoms with Gasteiger partial charge in [-0.2, -0.15) is 0 Å². The lowest BCUT2D eigenvalue weighted by Crippen LogP contribution is -2.50. The fraction of sp³-hybridized carbons (Fsp3) is 0.474. The number of aliphatic hydroxyl groups is 1. The van der Waals surface area contributed by atoms with Crippen LogP contribution in [0.25, 0.3) is 0 Å². The van der Waals surface area contributed by atoms with Crippen molar-refractivity contribution in [1.29, 1.82) is 0 Å². The van der Waals surface area contributed by atoms with Gasteiger partial charge in [0, 0.05) is 30.9 Å². The van der Waals surface area contributed by atoms with E-state index in [2.05, 4.69) is 52.2 Å². The number of aryl methyl sites for hydroxylation is 1. The molecule has 0 spiro atoms. The van der Waals surface area contributed by atoms with Crippen molar-refractivity contribution < 1.29 is 5.11 Å². The fourth-order valence-corrected chi connectivity index (χ4v) is 3.36. The zero-order chi connectivity index (χ0) is 17.8. The van der Waals surface area contributed by atoms with Crippen molar-refractivity contribution in [3.63, 3.8) is 0 Å². The van der Waals surface area contributed by atoms with Crippen LogP contribution < -0.4 is 10.2 Å². The second-order valence-corrected chi connectivity index (χ2v) is 6.79. The van der Waals surface area contributed by atoms with Gasteiger partial charge in [0.15, 0.2) is 0 Å². The maximum Gasteiger partial charge on any atom is 0.224 e. The van der Waals surface area contributed by atoms with E-state index in [0.29, 0.717) is 24.9 Å². The predicted molar refractivity (Wildman–Crippen MR) is 102 cm³/mol. The summed E-state index contributed by atoms with van der Waals surface area (Å²) in [6, 6.07) is 8.37. The molecule has 5 nitrogen and oxygen atoms in total. The first kappa shape index (κ1) is 18.0. The highest BCUT2D eigenvalue weighted by Gasteiger charge is 2.24. The summed E-state index contributed by atoms with van der Waals surface area (Å²) < 4.78 is 0. The van der Waals surface area contributed by atoms with Crippen LogP contribution in [0.2, 0.25) is 5.28 Å². The van der Waals surface area contributed by atoms with E-state index in [9.17, 15) is 5.11 Å². The van der Waals surface area contributed by atoms with Crippen LogP contribution in [0.3, 0.4) is 0 Å². The Bertz CT molecular complexity index is 731. The van der Waals surface area contributed by atoms with Gasteiger partial charge in [-0.3, -0.25) is 0 Å². The number of β-amino-alcohol motifs (C(OH)–C–C–N with tert-alkyl or cyclic N) is 1. The van der Waals surface area contributed by atoms with Crippen LogP contribution in [0.4, 0.5) is 11.5 Å². The van der Waals surface area contributed by atoms with E-state index in [1.54, 1.807) is 0 Å². The molecule has 2 N–H and O–H groups in total. The van der Waals surface area contributed by atoms with Crippen LogP contribution in [-0.2, 0) is 19.4 Å². The van der Waals surface area contributed by atoms with Crippen molar-refractivity contribution in [2.24, 2.45) is 0 Å². The number of aliphatic hydroxyl groups excluding tert-OH is 1. The first-order chi connectivity index (χ1) is 12.1. The third-order valence-electron chi connectivity index (χ3n) is 4.50. The quantitative estimate of drug-likeness (QED) is 0.741. The van der Waals surface area contributed by atoms with Gasteiger partial charge in [-0.05, 0) is 42.1 Å². The molecule has 0 bridgehead atoms. The molecule has 1 aromatic carbocycles. The number of benzene rings is 1. The predicted octanol–water partition coefficient (Wildman–Crippen LogP) is 3.44. The number of halogens is 1. The lowest BCUT2D eigenvalue weighted by molar-refractivity contribution is 0.142. The topological polar surface area (TPSA) is 61.3 Å². The Kier molecular flexibility index (Phi) is 5.76. The summed E-state index contributed by atoms with van der Waals surface area (Å²) in [6.07, 6.45) is 2.62. The number of rotatable bonds is 7. The lowest BCUT2D eigenvalue weighted by atomic mass is 10.1. The van der Waals surface area contributed by atoms with Gasteiger partial charge in [0.25, 0.3) is 0 Å². The molecule has 25 heavy (non-hydrogen) atoms. The molecule has 1 aromatic heterocycles. The average Bonchev–Trinajstić information content (AvgIpc) is 2.57. The molecule has 1 fully saturated rings. The van der Waals surface area contributed by atoms with Crippen molar-refractivity contribution in [1.82, 2.24) is 9.97 Å². The SMILES string of the molecule is CCCc1nc(Cl)nc(NCc2cccc(N3CC(O)C3)c2)c1CC. The summed E-state index contributed by atoms with van der Waals surface area (Å²) in [5.41, 5.74) is 4.50. The first-order valence-corrected chi connectivity index (χ1v) is 9.29. The molecular formula is C19H25ClN4O. The van der Waals surface area contributed by atoms with Crippen molar-refractivity contribution in [2.75, 3.05) is 23.3 Å². The van der Waals surface area contributed by atoms with Gasteiger partial charge in [0.2, 0.25) is 5.28 Å². The Labute approximate surface area is 154 Å². The van der Waals surface area contributed by atoms with Gasteiger partial charge in [0.1, 0.15) is 5.82 Å². The largest absolute Gasteiger partial charge is 0.389 e. The molecule has 134 valence electrons. The van der Waals surface area contributed by atoms with E-state index in [1.807, 2.05) is 6.07 Å². The summed E-state index contributed by atoms with van der Waals surface area (Å²) >= 11 is 6.11. The molecule has 2 aromatic rings. The fourth-order valence-electron chi connectivity index (χ4n) is 3.18. The highest BCUT2D eigenvalue weighted by atomic mass is 35.5. The normalized spacial score (nSPS) is 14.5. The minimum absolute atomic E-state index is 0.200. The molecular weight excluding hydrogens is 336 g/mol. The highest BCUT2D eigenvalue weighted by molar-refractivity contribution is 6.28. The molecule has 0 atom stereocenters. The zero-order valence-corrected chi connectivity index (χ0v) is 15.6. The summed E-state index contributed by atoms with van der Waals surface area (Å²) in [5.74, 6) is 0.829. The number of aromatic nitrogens is 2. The molecule has 0 saturated carbocycles. The maximum atomic E-state index is 9.47. The Balaban J connectivity index is 1.74. The molecule has 6 heteroatoms. The Morgan fingerprint density at radius 1 is 1.28 bits per heavy atom. The maximum absolute atomic E-state index is 9.47. The monoisotopic (exact) mass is 360 g/mol. The third kappa shape index (κ3) is 4.22. The van der Waals surface area contributed by atoms with Crippen molar-refractivity contribution in [2.45, 2.75) is 45.8 Å². The number of hydrogen-bond acceptors (Lipinski definition) is 5. The Hall–Kier alpha value is -1.85. The van der Waals surface area contributed by atoms with Gasteiger partial charge < -0.3 is 15.3 Å². The number of hydrogen-bond donors (Lipinski definition) is 2. The molecule has 0 aliphatic carbocycles. The average molecular weight is 361 g/mol. The van der Waals surface area contributed by atoms with Gasteiger partial charge in [0.05, 0.1) is 11.8 Å². The molecule has 0 radical (unpaired) electrons. The Morgan fingerprint density at radius 2 is 2.08 bits per heavy atom. The number of nitrogens with one attached hydrogen (secondary N) is 1. The van der Waals surface area contributed by atoms with Crippen LogP contribution in [0.1, 0.15) is 37.1 Å². The van der Waals surface area contributed by atoms with E-state index in [4.69, 9.17) is 11.6 Å². The molecule has 0 amide bonds. The van der Waals surface area contributed by atoms with E-state index >= 15 is 0 Å². The summed E-state index contributed by atoms with van der Waals surface area (Å²) in [7, 11) is 0. The number of nitrogens with zero attached hydrogens (tertiary/aromatic N) is 3. The summed E-state index contributed by atoms with van der Waals surface area (Å²) in [4.78, 5) is 11.0. The van der Waals surface area contributed by atoms with E-state index in [-0.39, 0.29) is 6.10 Å². The summed E-state index contributed by atoms with van der Waals surface area (Å²) in [5, 5.41) is 13.2. The third-order valence-corrected chi connectivity index (χ3v) is 4.67. The van der Waals surface area contributed by atoms with Crippen molar-refractivity contribution in [3.05, 3.63) is 46.4 Å². The standard InChI is InChI=1S/C19H25ClN4O/c1-3-6-17-16(4-2)18(23-19(20)22-17)21-10-13-7-5-8-14(9-13)24-11-15(25)12-24/h5,7-9,15,25H,3-4,6,10-12H2,1-2H3,(H,21,22,23). The van der Waals surface area contributed by atoms with Crippen LogP contribution in [0, 0.1) is 0 Å². The van der Waals surface area contributed by atoms with Crippen LogP contribution >= 0.6 is 11.6 Å². The minimum Gasteiger partial charge on any atom is -0.389 e. The Morgan fingerprint density at radius 3 is 2.76 bits per heavy atom. The smallest absolute Gasteiger partial charge is 0.224 e. The van der Waals surface area contributed by atoms with E-state index in [1.165, 1.54) is 5.56 Å². The van der Waals surface area contributed by atoms with E-state index in [0.717, 1.165) is 42.0 Å². The van der Waals surface area contributed by atoms with Gasteiger partial charge in [-0.25, -0.2) is 9.97 Å². The van der Waals surface area contributed by atoms with E-state index < -0.39 is 0 Å².